The summed E-state index contributed by atoms with van der Waals surface area (Å²) in [6, 6.07) is 29.7. The first kappa shape index (κ1) is 32.7. The number of imide groups is 1. The van der Waals surface area contributed by atoms with Crippen molar-refractivity contribution < 1.29 is 23.9 Å². The number of anilines is 1. The highest BCUT2D eigenvalue weighted by atomic mass is 16.6. The molecule has 1 fully saturated rings. The maximum Gasteiger partial charge on any atom is 0.416 e. The number of rotatable bonds is 9. The number of carbonyl (C=O) groups is 3. The maximum absolute atomic E-state index is 13.5. The third-order valence-electron chi connectivity index (χ3n) is 7.75. The number of nitrogens with one attached hydrogen (secondary N) is 1. The van der Waals surface area contributed by atoms with Crippen molar-refractivity contribution in [2.24, 2.45) is 5.92 Å². The molecule has 2 heterocycles. The van der Waals surface area contributed by atoms with Crippen molar-refractivity contribution in [3.05, 3.63) is 126 Å². The standard InChI is InChI=1S/C37H37N5O5/c1-37(2,3)47-36(45)41(24-25-15-17-29(46-4)18-16-25)32-22-26(19-20-39-32)21-30-31(23-38)42(34(30)43)35(44)40-33(27-11-7-5-8-12-27)28-13-9-6-10-14-28/h5-20,22,30-31,33H,21,24H2,1-4H3,(H,40,44)/t30?,31-/m1/s1. The molecule has 2 atom stereocenters. The third-order valence-corrected chi connectivity index (χ3v) is 7.75. The van der Waals surface area contributed by atoms with Crippen LogP contribution in [0.1, 0.15) is 49.1 Å². The normalized spacial score (nSPS) is 15.7. The number of hydrogen-bond donors (Lipinski definition) is 1. The van der Waals surface area contributed by atoms with Crippen LogP contribution in [0.4, 0.5) is 15.4 Å². The molecule has 1 aliphatic heterocycles. The van der Waals surface area contributed by atoms with Crippen LogP contribution in [-0.4, -0.2) is 46.7 Å². The fourth-order valence-electron chi connectivity index (χ4n) is 5.42. The molecule has 1 aromatic heterocycles. The van der Waals surface area contributed by atoms with Crippen LogP contribution in [-0.2, 0) is 22.5 Å². The molecule has 0 aliphatic carbocycles. The summed E-state index contributed by atoms with van der Waals surface area (Å²) < 4.78 is 10.9. The maximum atomic E-state index is 13.5. The highest BCUT2D eigenvalue weighted by molar-refractivity contribution is 6.02. The van der Waals surface area contributed by atoms with Crippen molar-refractivity contribution in [2.45, 2.75) is 51.4 Å². The Balaban J connectivity index is 1.33. The molecule has 10 heteroatoms. The highest BCUT2D eigenvalue weighted by Gasteiger charge is 2.51. The van der Waals surface area contributed by atoms with Gasteiger partial charge in [-0.2, -0.15) is 5.26 Å². The van der Waals surface area contributed by atoms with Crippen molar-refractivity contribution in [2.75, 3.05) is 12.0 Å². The van der Waals surface area contributed by atoms with E-state index in [9.17, 15) is 19.6 Å². The molecule has 47 heavy (non-hydrogen) atoms. The van der Waals surface area contributed by atoms with Crippen molar-refractivity contribution >= 4 is 23.8 Å². The second-order valence-corrected chi connectivity index (χ2v) is 12.2. The fraction of sp³-hybridized carbons (Fsp3) is 0.270. The molecule has 5 rings (SSSR count). The van der Waals surface area contributed by atoms with E-state index in [-0.39, 0.29) is 13.0 Å². The van der Waals surface area contributed by atoms with Gasteiger partial charge in [-0.05, 0) is 73.7 Å². The number of amides is 4. The number of hydrogen-bond acceptors (Lipinski definition) is 7. The van der Waals surface area contributed by atoms with Gasteiger partial charge in [-0.1, -0.05) is 72.8 Å². The lowest BCUT2D eigenvalue weighted by Gasteiger charge is -2.42. The van der Waals surface area contributed by atoms with Gasteiger partial charge in [0.25, 0.3) is 0 Å². The number of urea groups is 1. The number of aromatic nitrogens is 1. The van der Waals surface area contributed by atoms with Crippen LogP contribution >= 0.6 is 0 Å². The Labute approximate surface area is 274 Å². The Morgan fingerprint density at radius 2 is 1.57 bits per heavy atom. The molecular formula is C37H37N5O5. The predicted molar refractivity (Wildman–Crippen MR) is 176 cm³/mol. The van der Waals surface area contributed by atoms with Gasteiger partial charge in [0, 0.05) is 6.20 Å². The lowest BCUT2D eigenvalue weighted by Crippen LogP contribution is -2.65. The monoisotopic (exact) mass is 631 g/mol. The van der Waals surface area contributed by atoms with Crippen molar-refractivity contribution in [3.8, 4) is 11.8 Å². The molecule has 0 bridgehead atoms. The van der Waals surface area contributed by atoms with Crippen molar-refractivity contribution in [1.82, 2.24) is 15.2 Å². The van der Waals surface area contributed by atoms with Crippen LogP contribution < -0.4 is 15.0 Å². The van der Waals surface area contributed by atoms with Gasteiger partial charge >= 0.3 is 12.1 Å². The van der Waals surface area contributed by atoms with E-state index in [0.717, 1.165) is 21.6 Å². The number of likely N-dealkylation sites (tertiary alicyclic amines) is 1. The smallest absolute Gasteiger partial charge is 0.416 e. The number of benzene rings is 3. The van der Waals surface area contributed by atoms with Crippen LogP contribution in [0.3, 0.4) is 0 Å². The molecule has 1 aliphatic rings. The van der Waals surface area contributed by atoms with Gasteiger partial charge in [-0.3, -0.25) is 9.69 Å². The number of β-lactam (4-membered cyclic amide) rings is 1. The molecule has 1 unspecified atom stereocenters. The number of pyridine rings is 1. The van der Waals surface area contributed by atoms with Crippen molar-refractivity contribution in [3.63, 3.8) is 0 Å². The number of nitriles is 1. The number of nitrogens with zero attached hydrogens (tertiary/aromatic N) is 4. The molecule has 4 aromatic rings. The second kappa shape index (κ2) is 14.2. The number of methoxy groups -OCH3 is 1. The van der Waals surface area contributed by atoms with Crippen LogP contribution in [0.2, 0.25) is 0 Å². The van der Waals surface area contributed by atoms with Crippen LogP contribution in [0.5, 0.6) is 5.75 Å². The SMILES string of the molecule is COc1ccc(CN(C(=O)OC(C)(C)C)c2cc(CC3C(=O)N(C(=O)NC(c4ccccc4)c4ccccc4)[C@@H]3C#N)ccn2)cc1. The average molecular weight is 632 g/mol. The van der Waals surface area contributed by atoms with E-state index in [1.165, 1.54) is 4.90 Å². The van der Waals surface area contributed by atoms with Gasteiger partial charge in [0.15, 0.2) is 0 Å². The molecule has 4 amide bonds. The zero-order valence-corrected chi connectivity index (χ0v) is 26.8. The van der Waals surface area contributed by atoms with Gasteiger partial charge < -0.3 is 14.8 Å². The largest absolute Gasteiger partial charge is 0.497 e. The van der Waals surface area contributed by atoms with E-state index >= 15 is 0 Å². The van der Waals surface area contributed by atoms with Crippen LogP contribution in [0, 0.1) is 17.2 Å². The van der Waals surface area contributed by atoms with E-state index in [0.29, 0.717) is 17.1 Å². The van der Waals surface area contributed by atoms with Crippen LogP contribution in [0.25, 0.3) is 0 Å². The summed E-state index contributed by atoms with van der Waals surface area (Å²) in [7, 11) is 1.58. The summed E-state index contributed by atoms with van der Waals surface area (Å²) >= 11 is 0. The van der Waals surface area contributed by atoms with Gasteiger partial charge in [0.1, 0.15) is 23.2 Å². The lowest BCUT2D eigenvalue weighted by molar-refractivity contribution is -0.146. The number of carbonyl (C=O) groups excluding carboxylic acids is 3. The first-order chi connectivity index (χ1) is 22.6. The third kappa shape index (κ3) is 7.76. The summed E-state index contributed by atoms with van der Waals surface area (Å²) in [5.74, 6) is -0.178. The Hall–Kier alpha value is -5.69. The zero-order chi connectivity index (χ0) is 33.6. The summed E-state index contributed by atoms with van der Waals surface area (Å²) in [4.78, 5) is 47.1. The minimum atomic E-state index is -0.965. The van der Waals surface area contributed by atoms with Gasteiger partial charge in [0.2, 0.25) is 5.91 Å². The topological polar surface area (TPSA) is 125 Å². The summed E-state index contributed by atoms with van der Waals surface area (Å²) in [6.45, 7) is 5.54. The van der Waals surface area contributed by atoms with E-state index in [1.54, 1.807) is 58.3 Å². The molecule has 10 nitrogen and oxygen atoms in total. The lowest BCUT2D eigenvalue weighted by atomic mass is 9.83. The molecule has 3 aromatic carbocycles. The molecule has 0 spiro atoms. The summed E-state index contributed by atoms with van der Waals surface area (Å²) in [5, 5.41) is 13.0. The molecule has 0 saturated carbocycles. The second-order valence-electron chi connectivity index (χ2n) is 12.2. The van der Waals surface area contributed by atoms with Gasteiger partial charge in [-0.15, -0.1) is 0 Å². The molecule has 240 valence electrons. The van der Waals surface area contributed by atoms with Gasteiger partial charge in [0.05, 0.1) is 31.7 Å². The Morgan fingerprint density at radius 1 is 0.957 bits per heavy atom. The average Bonchev–Trinajstić information content (AvgIpc) is 3.07. The number of ether oxygens (including phenoxy) is 2. The Kier molecular flexibility index (Phi) is 9.85. The first-order valence-corrected chi connectivity index (χ1v) is 15.3. The highest BCUT2D eigenvalue weighted by Crippen LogP contribution is 2.32. The molecular weight excluding hydrogens is 594 g/mol. The van der Waals surface area contributed by atoms with E-state index in [2.05, 4.69) is 16.4 Å². The minimum Gasteiger partial charge on any atom is -0.497 e. The minimum absolute atomic E-state index is 0.177. The molecule has 1 saturated heterocycles. The summed E-state index contributed by atoms with van der Waals surface area (Å²) in [6.07, 6.45) is 1.15. The van der Waals surface area contributed by atoms with E-state index < -0.39 is 41.6 Å². The van der Waals surface area contributed by atoms with E-state index in [4.69, 9.17) is 9.47 Å². The van der Waals surface area contributed by atoms with E-state index in [1.807, 2.05) is 72.8 Å². The van der Waals surface area contributed by atoms with Crippen molar-refractivity contribution in [1.29, 1.82) is 5.26 Å². The quantitative estimate of drug-likeness (QED) is 0.211. The predicted octanol–water partition coefficient (Wildman–Crippen LogP) is 6.42. The first-order valence-electron chi connectivity index (χ1n) is 15.3. The zero-order valence-electron chi connectivity index (χ0n) is 26.8. The van der Waals surface area contributed by atoms with Gasteiger partial charge in [-0.25, -0.2) is 19.5 Å². The molecule has 1 N–H and O–H groups in total. The Morgan fingerprint density at radius 3 is 2.13 bits per heavy atom. The molecule has 0 radical (unpaired) electrons. The van der Waals surface area contributed by atoms with Crippen LogP contribution in [0.15, 0.2) is 103 Å². The summed E-state index contributed by atoms with van der Waals surface area (Å²) in [5.41, 5.74) is 2.46. The Bertz CT molecular complexity index is 1710. The fourth-order valence-corrected chi connectivity index (χ4v) is 5.42.